The van der Waals surface area contributed by atoms with E-state index in [1.165, 1.54) is 5.56 Å². The van der Waals surface area contributed by atoms with Gasteiger partial charge in [-0.3, -0.25) is 0 Å². The summed E-state index contributed by atoms with van der Waals surface area (Å²) in [6.45, 7) is 5.22. The first-order chi connectivity index (χ1) is 7.27. The van der Waals surface area contributed by atoms with E-state index < -0.39 is 0 Å². The summed E-state index contributed by atoms with van der Waals surface area (Å²) in [6, 6.07) is 10.9. The van der Waals surface area contributed by atoms with Crippen molar-refractivity contribution in [1.82, 2.24) is 5.32 Å². The predicted octanol–water partition coefficient (Wildman–Crippen LogP) is 2.76. The van der Waals surface area contributed by atoms with E-state index in [2.05, 4.69) is 43.4 Å². The molecule has 84 valence electrons. The van der Waals surface area contributed by atoms with E-state index >= 15 is 0 Å². The third-order valence-corrected chi connectivity index (χ3v) is 2.62. The first-order valence-corrected chi connectivity index (χ1v) is 5.59. The quantitative estimate of drug-likeness (QED) is 0.774. The molecule has 1 aromatic carbocycles. The maximum Gasteiger partial charge on any atom is 0.0561 e. The van der Waals surface area contributed by atoms with Crippen LogP contribution in [-0.4, -0.2) is 19.8 Å². The van der Waals surface area contributed by atoms with E-state index in [-0.39, 0.29) is 6.10 Å². The average molecular weight is 207 g/mol. The number of ether oxygens (including phenoxy) is 1. The van der Waals surface area contributed by atoms with Crippen LogP contribution >= 0.6 is 0 Å². The molecule has 0 aliphatic rings. The molecule has 1 aromatic rings. The molecule has 2 atom stereocenters. The zero-order chi connectivity index (χ0) is 11.1. The van der Waals surface area contributed by atoms with Gasteiger partial charge in [-0.25, -0.2) is 0 Å². The average Bonchev–Trinajstić information content (AvgIpc) is 2.29. The van der Waals surface area contributed by atoms with Crippen molar-refractivity contribution in [3.63, 3.8) is 0 Å². The van der Waals surface area contributed by atoms with Gasteiger partial charge in [0.1, 0.15) is 0 Å². The molecule has 0 bridgehead atoms. The number of nitrogens with one attached hydrogen (secondary N) is 1. The van der Waals surface area contributed by atoms with Gasteiger partial charge in [0, 0.05) is 13.2 Å². The lowest BCUT2D eigenvalue weighted by molar-refractivity contribution is 0.101. The number of hydrogen-bond donors (Lipinski definition) is 1. The van der Waals surface area contributed by atoms with Crippen LogP contribution < -0.4 is 5.32 Å². The Morgan fingerprint density at radius 1 is 1.27 bits per heavy atom. The van der Waals surface area contributed by atoms with Crippen LogP contribution in [-0.2, 0) is 4.74 Å². The standard InChI is InChI=1S/C13H21NO/c1-4-14-13(10-11(2)15-3)12-8-6-5-7-9-12/h5-9,11,13-14H,4,10H2,1-3H3. The molecule has 0 aliphatic heterocycles. The van der Waals surface area contributed by atoms with Gasteiger partial charge in [0.05, 0.1) is 6.10 Å². The number of benzene rings is 1. The Hall–Kier alpha value is -0.860. The van der Waals surface area contributed by atoms with E-state index in [9.17, 15) is 0 Å². The fourth-order valence-electron chi connectivity index (χ4n) is 1.70. The Morgan fingerprint density at radius 3 is 2.47 bits per heavy atom. The third kappa shape index (κ3) is 4.02. The van der Waals surface area contributed by atoms with Gasteiger partial charge in [-0.05, 0) is 25.5 Å². The first kappa shape index (κ1) is 12.2. The lowest BCUT2D eigenvalue weighted by Crippen LogP contribution is -2.25. The largest absolute Gasteiger partial charge is 0.382 e. The van der Waals surface area contributed by atoms with Crippen LogP contribution in [0.25, 0.3) is 0 Å². The highest BCUT2D eigenvalue weighted by Gasteiger charge is 2.13. The molecule has 0 saturated heterocycles. The number of hydrogen-bond acceptors (Lipinski definition) is 2. The van der Waals surface area contributed by atoms with E-state index in [1.54, 1.807) is 7.11 Å². The predicted molar refractivity (Wildman–Crippen MR) is 63.9 cm³/mol. The highest BCUT2D eigenvalue weighted by molar-refractivity contribution is 5.18. The molecule has 2 unspecified atom stereocenters. The summed E-state index contributed by atoms with van der Waals surface area (Å²) < 4.78 is 5.31. The maximum atomic E-state index is 5.31. The van der Waals surface area contributed by atoms with Crippen molar-refractivity contribution in [2.75, 3.05) is 13.7 Å². The van der Waals surface area contributed by atoms with Crippen molar-refractivity contribution in [3.05, 3.63) is 35.9 Å². The fraction of sp³-hybridized carbons (Fsp3) is 0.538. The zero-order valence-corrected chi connectivity index (χ0v) is 9.86. The lowest BCUT2D eigenvalue weighted by atomic mass is 10.0. The Morgan fingerprint density at radius 2 is 1.93 bits per heavy atom. The van der Waals surface area contributed by atoms with Crippen molar-refractivity contribution < 1.29 is 4.74 Å². The summed E-state index contributed by atoms with van der Waals surface area (Å²) in [5.41, 5.74) is 1.34. The molecule has 0 aliphatic carbocycles. The third-order valence-electron chi connectivity index (χ3n) is 2.62. The van der Waals surface area contributed by atoms with Gasteiger partial charge in [0.25, 0.3) is 0 Å². The second-order valence-electron chi connectivity index (χ2n) is 3.80. The monoisotopic (exact) mass is 207 g/mol. The Labute approximate surface area is 92.6 Å². The van der Waals surface area contributed by atoms with Crippen LogP contribution in [0.4, 0.5) is 0 Å². The van der Waals surface area contributed by atoms with Crippen LogP contribution in [0, 0.1) is 0 Å². The van der Waals surface area contributed by atoms with Gasteiger partial charge in [0.15, 0.2) is 0 Å². The first-order valence-electron chi connectivity index (χ1n) is 5.59. The summed E-state index contributed by atoms with van der Waals surface area (Å²) in [7, 11) is 1.76. The molecule has 0 amide bonds. The highest BCUT2D eigenvalue weighted by Crippen LogP contribution is 2.18. The van der Waals surface area contributed by atoms with E-state index in [0.717, 1.165) is 13.0 Å². The van der Waals surface area contributed by atoms with E-state index in [1.807, 2.05) is 6.07 Å². The second kappa shape index (κ2) is 6.59. The van der Waals surface area contributed by atoms with Crippen molar-refractivity contribution in [2.45, 2.75) is 32.4 Å². The van der Waals surface area contributed by atoms with Gasteiger partial charge in [-0.1, -0.05) is 37.3 Å². The van der Waals surface area contributed by atoms with Gasteiger partial charge in [-0.15, -0.1) is 0 Å². The molecular weight excluding hydrogens is 186 g/mol. The SMILES string of the molecule is CCNC(CC(C)OC)c1ccccc1. The Balaban J connectivity index is 2.65. The molecule has 0 fully saturated rings. The molecule has 0 saturated carbocycles. The number of rotatable bonds is 6. The second-order valence-corrected chi connectivity index (χ2v) is 3.80. The summed E-state index contributed by atoms with van der Waals surface area (Å²) >= 11 is 0. The Kier molecular flexibility index (Phi) is 5.37. The van der Waals surface area contributed by atoms with Crippen molar-refractivity contribution in [2.24, 2.45) is 0 Å². The summed E-state index contributed by atoms with van der Waals surface area (Å²) in [4.78, 5) is 0. The Bertz CT molecular complexity index is 260. The molecule has 0 heterocycles. The summed E-state index contributed by atoms with van der Waals surface area (Å²) in [5.74, 6) is 0. The van der Waals surface area contributed by atoms with Crippen LogP contribution in [0.3, 0.4) is 0 Å². The molecule has 2 heteroatoms. The van der Waals surface area contributed by atoms with Crippen molar-refractivity contribution in [3.8, 4) is 0 Å². The van der Waals surface area contributed by atoms with Crippen LogP contribution in [0.15, 0.2) is 30.3 Å². The molecule has 0 aromatic heterocycles. The summed E-state index contributed by atoms with van der Waals surface area (Å²) in [5, 5.41) is 3.48. The smallest absolute Gasteiger partial charge is 0.0561 e. The molecular formula is C13H21NO. The molecule has 15 heavy (non-hydrogen) atoms. The van der Waals surface area contributed by atoms with Crippen LogP contribution in [0.5, 0.6) is 0 Å². The molecule has 1 N–H and O–H groups in total. The van der Waals surface area contributed by atoms with Gasteiger partial charge >= 0.3 is 0 Å². The van der Waals surface area contributed by atoms with Crippen LogP contribution in [0.1, 0.15) is 31.9 Å². The minimum absolute atomic E-state index is 0.286. The molecule has 0 radical (unpaired) electrons. The van der Waals surface area contributed by atoms with E-state index in [0.29, 0.717) is 6.04 Å². The van der Waals surface area contributed by atoms with Crippen molar-refractivity contribution in [1.29, 1.82) is 0 Å². The van der Waals surface area contributed by atoms with Gasteiger partial charge in [0.2, 0.25) is 0 Å². The lowest BCUT2D eigenvalue weighted by Gasteiger charge is -2.21. The van der Waals surface area contributed by atoms with Gasteiger partial charge in [-0.2, -0.15) is 0 Å². The minimum atomic E-state index is 0.286. The van der Waals surface area contributed by atoms with Gasteiger partial charge < -0.3 is 10.1 Å². The molecule has 1 rings (SSSR count). The molecule has 2 nitrogen and oxygen atoms in total. The fourth-order valence-corrected chi connectivity index (χ4v) is 1.70. The highest BCUT2D eigenvalue weighted by atomic mass is 16.5. The molecule has 0 spiro atoms. The zero-order valence-electron chi connectivity index (χ0n) is 9.86. The minimum Gasteiger partial charge on any atom is -0.382 e. The number of methoxy groups -OCH3 is 1. The van der Waals surface area contributed by atoms with Crippen LogP contribution in [0.2, 0.25) is 0 Å². The van der Waals surface area contributed by atoms with E-state index in [4.69, 9.17) is 4.74 Å². The topological polar surface area (TPSA) is 21.3 Å². The maximum absolute atomic E-state index is 5.31. The summed E-state index contributed by atoms with van der Waals surface area (Å²) in [6.07, 6.45) is 1.29. The normalized spacial score (nSPS) is 14.9. The van der Waals surface area contributed by atoms with Crippen molar-refractivity contribution >= 4 is 0 Å².